The van der Waals surface area contributed by atoms with Gasteiger partial charge in [0.2, 0.25) is 5.91 Å². The van der Waals surface area contributed by atoms with Gasteiger partial charge in [0.25, 0.3) is 0 Å². The van der Waals surface area contributed by atoms with Crippen LogP contribution in [0.4, 0.5) is 0 Å². The quantitative estimate of drug-likeness (QED) is 0.646. The van der Waals surface area contributed by atoms with E-state index in [1.165, 1.54) is 0 Å². The van der Waals surface area contributed by atoms with Gasteiger partial charge in [0.1, 0.15) is 11.6 Å². The third-order valence-corrected chi connectivity index (χ3v) is 4.91. The third kappa shape index (κ3) is 4.17. The van der Waals surface area contributed by atoms with Crippen LogP contribution in [0.5, 0.6) is 5.75 Å². The number of aliphatic imine (C=N–C) groups is 1. The highest BCUT2D eigenvalue weighted by atomic mass is 32.2. The number of rotatable bonds is 6. The Balaban J connectivity index is 1.48. The monoisotopic (exact) mass is 340 g/mol. The topological polar surface area (TPSA) is 52.9 Å². The van der Waals surface area contributed by atoms with Gasteiger partial charge in [0.05, 0.1) is 6.54 Å². The lowest BCUT2D eigenvalue weighted by atomic mass is 10.2. The molecular formula is C19H20N2O2S. The molecule has 3 rings (SSSR count). The summed E-state index contributed by atoms with van der Waals surface area (Å²) in [5.41, 5.74) is 1.00. The summed E-state index contributed by atoms with van der Waals surface area (Å²) in [6, 6.07) is 17.0. The lowest BCUT2D eigenvalue weighted by Gasteiger charge is -2.18. The fraction of sp³-hybridized carbons (Fsp3) is 0.263. The molecule has 1 amide bonds. The molecule has 1 heterocycles. The van der Waals surface area contributed by atoms with Crippen LogP contribution in [0.15, 0.2) is 64.5 Å². The van der Waals surface area contributed by atoms with E-state index in [0.29, 0.717) is 19.5 Å². The zero-order valence-corrected chi connectivity index (χ0v) is 14.2. The summed E-state index contributed by atoms with van der Waals surface area (Å²) in [5, 5.41) is 9.27. The van der Waals surface area contributed by atoms with E-state index in [1.54, 1.807) is 28.8 Å². The first kappa shape index (κ1) is 16.6. The van der Waals surface area contributed by atoms with Crippen molar-refractivity contribution in [2.24, 2.45) is 4.99 Å². The summed E-state index contributed by atoms with van der Waals surface area (Å²) in [7, 11) is 0. The number of carbonyl (C=O) groups is 1. The molecule has 4 nitrogen and oxygen atoms in total. The number of nitrogens with zero attached hydrogens (tertiary/aromatic N) is 2. The molecule has 1 aliphatic heterocycles. The zero-order chi connectivity index (χ0) is 16.8. The molecule has 1 aliphatic rings. The van der Waals surface area contributed by atoms with Crippen LogP contribution in [-0.4, -0.2) is 40.6 Å². The van der Waals surface area contributed by atoms with Crippen LogP contribution in [-0.2, 0) is 4.79 Å². The maximum Gasteiger partial charge on any atom is 0.228 e. The highest BCUT2D eigenvalue weighted by Gasteiger charge is 2.23. The second kappa shape index (κ2) is 8.02. The number of amides is 1. The SMILES string of the molecule is O=C(CCCSc1ccc(O)cc1)N1CCN=C1c1ccccc1. The van der Waals surface area contributed by atoms with Gasteiger partial charge in [-0.1, -0.05) is 30.3 Å². The van der Waals surface area contributed by atoms with Gasteiger partial charge >= 0.3 is 0 Å². The van der Waals surface area contributed by atoms with Crippen LogP contribution in [0.1, 0.15) is 18.4 Å². The average molecular weight is 340 g/mol. The molecule has 0 saturated carbocycles. The Hall–Kier alpha value is -2.27. The van der Waals surface area contributed by atoms with Crippen molar-refractivity contribution >= 4 is 23.5 Å². The van der Waals surface area contributed by atoms with Crippen LogP contribution < -0.4 is 0 Å². The lowest BCUT2D eigenvalue weighted by Crippen LogP contribution is -2.34. The maximum atomic E-state index is 12.5. The van der Waals surface area contributed by atoms with Crippen molar-refractivity contribution in [2.45, 2.75) is 17.7 Å². The second-order valence-electron chi connectivity index (χ2n) is 5.56. The Morgan fingerprint density at radius 2 is 1.88 bits per heavy atom. The molecule has 2 aromatic carbocycles. The first-order chi connectivity index (χ1) is 11.7. The number of hydrogen-bond acceptors (Lipinski definition) is 4. The molecule has 0 spiro atoms. The minimum absolute atomic E-state index is 0.140. The van der Waals surface area contributed by atoms with E-state index in [2.05, 4.69) is 4.99 Å². The Kier molecular flexibility index (Phi) is 5.54. The van der Waals surface area contributed by atoms with E-state index >= 15 is 0 Å². The summed E-state index contributed by atoms with van der Waals surface area (Å²) in [6.07, 6.45) is 1.35. The lowest BCUT2D eigenvalue weighted by molar-refractivity contribution is -0.127. The van der Waals surface area contributed by atoms with Crippen molar-refractivity contribution < 1.29 is 9.90 Å². The number of aromatic hydroxyl groups is 1. The summed E-state index contributed by atoms with van der Waals surface area (Å²) in [5.74, 6) is 2.09. The average Bonchev–Trinajstić information content (AvgIpc) is 3.11. The number of phenolic OH excluding ortho intramolecular Hbond substituents is 1. The summed E-state index contributed by atoms with van der Waals surface area (Å²) < 4.78 is 0. The van der Waals surface area contributed by atoms with Gasteiger partial charge < -0.3 is 5.11 Å². The number of carbonyl (C=O) groups excluding carboxylic acids is 1. The van der Waals surface area contributed by atoms with Gasteiger partial charge in [-0.15, -0.1) is 11.8 Å². The summed E-state index contributed by atoms with van der Waals surface area (Å²) in [6.45, 7) is 1.35. The predicted octanol–water partition coefficient (Wildman–Crippen LogP) is 3.55. The maximum absolute atomic E-state index is 12.5. The van der Waals surface area contributed by atoms with Crippen molar-refractivity contribution in [3.05, 3.63) is 60.2 Å². The van der Waals surface area contributed by atoms with Crippen LogP contribution in [0.2, 0.25) is 0 Å². The van der Waals surface area contributed by atoms with Gasteiger partial charge in [0.15, 0.2) is 0 Å². The number of benzene rings is 2. The van der Waals surface area contributed by atoms with Crippen LogP contribution >= 0.6 is 11.8 Å². The van der Waals surface area contributed by atoms with Crippen LogP contribution in [0.25, 0.3) is 0 Å². The van der Waals surface area contributed by atoms with Gasteiger partial charge in [-0.05, 0) is 36.4 Å². The van der Waals surface area contributed by atoms with Gasteiger partial charge in [-0.2, -0.15) is 0 Å². The van der Waals surface area contributed by atoms with Crippen molar-refractivity contribution in [3.63, 3.8) is 0 Å². The third-order valence-electron chi connectivity index (χ3n) is 3.81. The number of phenols is 1. The molecule has 0 aliphatic carbocycles. The largest absolute Gasteiger partial charge is 0.508 e. The standard InChI is InChI=1S/C19H20N2O2S/c22-16-8-10-17(11-9-16)24-14-4-7-18(23)21-13-12-20-19(21)15-5-2-1-3-6-15/h1-3,5-6,8-11,22H,4,7,12-14H2. The smallest absolute Gasteiger partial charge is 0.228 e. The van der Waals surface area contributed by atoms with E-state index in [0.717, 1.165) is 28.5 Å². The molecule has 24 heavy (non-hydrogen) atoms. The molecule has 1 N–H and O–H groups in total. The summed E-state index contributed by atoms with van der Waals surface area (Å²) >= 11 is 1.70. The number of thioether (sulfide) groups is 1. The molecule has 0 radical (unpaired) electrons. The van der Waals surface area contributed by atoms with Crippen molar-refractivity contribution in [1.82, 2.24) is 4.90 Å². The van der Waals surface area contributed by atoms with Gasteiger partial charge in [-0.3, -0.25) is 14.7 Å². The first-order valence-corrected chi connectivity index (χ1v) is 9.05. The molecule has 2 aromatic rings. The molecule has 124 valence electrons. The van der Waals surface area contributed by atoms with Crippen molar-refractivity contribution in [3.8, 4) is 5.75 Å². The number of hydrogen-bond donors (Lipinski definition) is 1. The highest BCUT2D eigenvalue weighted by Crippen LogP contribution is 2.22. The molecular weight excluding hydrogens is 320 g/mol. The minimum Gasteiger partial charge on any atom is -0.508 e. The normalized spacial score (nSPS) is 13.8. The molecule has 0 unspecified atom stereocenters. The zero-order valence-electron chi connectivity index (χ0n) is 13.4. The molecule has 5 heteroatoms. The van der Waals surface area contributed by atoms with E-state index in [4.69, 9.17) is 0 Å². The molecule has 0 saturated heterocycles. The molecule has 0 atom stereocenters. The van der Waals surface area contributed by atoms with Crippen molar-refractivity contribution in [1.29, 1.82) is 0 Å². The van der Waals surface area contributed by atoms with Crippen LogP contribution in [0, 0.1) is 0 Å². The fourth-order valence-electron chi connectivity index (χ4n) is 2.62. The van der Waals surface area contributed by atoms with Gasteiger partial charge in [-0.25, -0.2) is 0 Å². The Bertz CT molecular complexity index is 714. The van der Waals surface area contributed by atoms with E-state index < -0.39 is 0 Å². The van der Waals surface area contributed by atoms with Gasteiger partial charge in [0, 0.05) is 23.4 Å². The van der Waals surface area contributed by atoms with E-state index in [9.17, 15) is 9.90 Å². The second-order valence-corrected chi connectivity index (χ2v) is 6.73. The Morgan fingerprint density at radius 3 is 2.62 bits per heavy atom. The minimum atomic E-state index is 0.140. The van der Waals surface area contributed by atoms with Crippen molar-refractivity contribution in [2.75, 3.05) is 18.8 Å². The Morgan fingerprint density at radius 1 is 1.12 bits per heavy atom. The first-order valence-electron chi connectivity index (χ1n) is 8.06. The predicted molar refractivity (Wildman–Crippen MR) is 97.6 cm³/mol. The molecule has 0 fully saturated rings. The molecule has 0 bridgehead atoms. The van der Waals surface area contributed by atoms with E-state index in [1.807, 2.05) is 42.5 Å². The summed E-state index contributed by atoms with van der Waals surface area (Å²) in [4.78, 5) is 19.9. The highest BCUT2D eigenvalue weighted by molar-refractivity contribution is 7.99. The Labute approximate surface area is 146 Å². The fourth-order valence-corrected chi connectivity index (χ4v) is 3.47. The molecule has 0 aromatic heterocycles. The van der Waals surface area contributed by atoms with E-state index in [-0.39, 0.29) is 11.7 Å². The number of amidine groups is 1. The van der Waals surface area contributed by atoms with Crippen LogP contribution in [0.3, 0.4) is 0 Å².